The highest BCUT2D eigenvalue weighted by atomic mass is 35.5. The van der Waals surface area contributed by atoms with Crippen LogP contribution in [-0.2, 0) is 4.74 Å². The van der Waals surface area contributed by atoms with Crippen LogP contribution in [0.1, 0.15) is 23.2 Å². The van der Waals surface area contributed by atoms with Gasteiger partial charge in [0.15, 0.2) is 0 Å². The van der Waals surface area contributed by atoms with E-state index in [1.165, 1.54) is 7.11 Å². The van der Waals surface area contributed by atoms with E-state index in [2.05, 4.69) is 16.1 Å². The van der Waals surface area contributed by atoms with Gasteiger partial charge in [-0.3, -0.25) is 0 Å². The second-order valence-electron chi connectivity index (χ2n) is 4.43. The van der Waals surface area contributed by atoms with E-state index in [0.29, 0.717) is 22.8 Å². The molecule has 1 N–H and O–H groups in total. The van der Waals surface area contributed by atoms with Crippen LogP contribution in [0.5, 0.6) is 0 Å². The first-order valence-corrected chi connectivity index (χ1v) is 6.01. The number of hydrogen-bond donors (Lipinski definition) is 1. The van der Waals surface area contributed by atoms with E-state index in [1.807, 2.05) is 0 Å². The molecular formula is C13H13ClN2O2. The summed E-state index contributed by atoms with van der Waals surface area (Å²) in [5, 5.41) is 12.6. The van der Waals surface area contributed by atoms with Crippen molar-refractivity contribution in [3.05, 3.63) is 28.8 Å². The molecule has 0 atom stereocenters. The van der Waals surface area contributed by atoms with Crippen molar-refractivity contribution in [2.75, 3.05) is 19.0 Å². The molecule has 0 unspecified atom stereocenters. The quantitative estimate of drug-likeness (QED) is 0.850. The number of nitrogens with zero attached hydrogens (tertiary/aromatic N) is 1. The number of rotatable bonds is 4. The summed E-state index contributed by atoms with van der Waals surface area (Å²) in [5.41, 5.74) is 0.831. The molecule has 1 saturated carbocycles. The number of nitrogens with one attached hydrogen (secondary N) is 1. The van der Waals surface area contributed by atoms with Crippen molar-refractivity contribution in [1.82, 2.24) is 0 Å². The van der Waals surface area contributed by atoms with Crippen molar-refractivity contribution in [3.63, 3.8) is 0 Å². The monoisotopic (exact) mass is 264 g/mol. The first-order chi connectivity index (χ1) is 8.60. The number of ether oxygens (including phenoxy) is 1. The third-order valence-corrected chi connectivity index (χ3v) is 3.42. The SMILES string of the molecule is COC(=O)c1ccc(Cl)c(NCC2(C#N)CC2)c1. The molecule has 1 aliphatic rings. The molecule has 0 bridgehead atoms. The molecule has 0 saturated heterocycles. The zero-order chi connectivity index (χ0) is 13.2. The maximum Gasteiger partial charge on any atom is 0.337 e. The van der Waals surface area contributed by atoms with Gasteiger partial charge in [0.2, 0.25) is 0 Å². The van der Waals surface area contributed by atoms with Gasteiger partial charge in [-0.15, -0.1) is 0 Å². The summed E-state index contributed by atoms with van der Waals surface area (Å²) >= 11 is 6.04. The van der Waals surface area contributed by atoms with Crippen molar-refractivity contribution in [2.45, 2.75) is 12.8 Å². The van der Waals surface area contributed by atoms with Gasteiger partial charge in [-0.1, -0.05) is 11.6 Å². The maximum absolute atomic E-state index is 11.4. The number of esters is 1. The molecular weight excluding hydrogens is 252 g/mol. The van der Waals surface area contributed by atoms with Gasteiger partial charge in [0.1, 0.15) is 0 Å². The molecule has 94 valence electrons. The van der Waals surface area contributed by atoms with Gasteiger partial charge < -0.3 is 10.1 Å². The van der Waals surface area contributed by atoms with Crippen molar-refractivity contribution in [3.8, 4) is 6.07 Å². The Morgan fingerprint density at radius 2 is 2.33 bits per heavy atom. The Kier molecular flexibility index (Phi) is 3.44. The van der Waals surface area contributed by atoms with Crippen LogP contribution in [0.25, 0.3) is 0 Å². The maximum atomic E-state index is 11.4. The highest BCUT2D eigenvalue weighted by Crippen LogP contribution is 2.45. The number of carbonyl (C=O) groups excluding carboxylic acids is 1. The molecule has 0 amide bonds. The van der Waals surface area contributed by atoms with E-state index in [9.17, 15) is 4.79 Å². The van der Waals surface area contributed by atoms with Crippen LogP contribution in [0.3, 0.4) is 0 Å². The Balaban J connectivity index is 2.12. The fraction of sp³-hybridized carbons (Fsp3) is 0.385. The Morgan fingerprint density at radius 3 is 2.89 bits per heavy atom. The lowest BCUT2D eigenvalue weighted by atomic mass is 10.1. The number of methoxy groups -OCH3 is 1. The van der Waals surface area contributed by atoms with E-state index in [4.69, 9.17) is 16.9 Å². The first kappa shape index (κ1) is 12.7. The average Bonchev–Trinajstić information content (AvgIpc) is 3.17. The molecule has 4 nitrogen and oxygen atoms in total. The molecule has 0 aromatic heterocycles. The van der Waals surface area contributed by atoms with E-state index in [0.717, 1.165) is 12.8 Å². The van der Waals surface area contributed by atoms with Crippen molar-refractivity contribution in [1.29, 1.82) is 5.26 Å². The zero-order valence-corrected chi connectivity index (χ0v) is 10.8. The van der Waals surface area contributed by atoms with Crippen LogP contribution in [0.15, 0.2) is 18.2 Å². The Labute approximate surface area is 111 Å². The lowest BCUT2D eigenvalue weighted by molar-refractivity contribution is 0.0601. The molecule has 18 heavy (non-hydrogen) atoms. The summed E-state index contributed by atoms with van der Waals surface area (Å²) in [6, 6.07) is 7.18. The number of carbonyl (C=O) groups is 1. The lowest BCUT2D eigenvalue weighted by Crippen LogP contribution is -2.14. The molecule has 2 rings (SSSR count). The van der Waals surface area contributed by atoms with E-state index in [-0.39, 0.29) is 5.41 Å². The minimum absolute atomic E-state index is 0.259. The van der Waals surface area contributed by atoms with Gasteiger partial charge in [0, 0.05) is 6.54 Å². The van der Waals surface area contributed by atoms with Crippen molar-refractivity contribution in [2.24, 2.45) is 5.41 Å². The summed E-state index contributed by atoms with van der Waals surface area (Å²) in [6.45, 7) is 0.549. The first-order valence-electron chi connectivity index (χ1n) is 5.63. The van der Waals surface area contributed by atoms with Gasteiger partial charge in [0.05, 0.1) is 34.9 Å². The predicted molar refractivity (Wildman–Crippen MR) is 68.6 cm³/mol. The Morgan fingerprint density at radius 1 is 1.61 bits per heavy atom. The molecule has 1 aromatic rings. The van der Waals surface area contributed by atoms with Crippen LogP contribution in [-0.4, -0.2) is 19.6 Å². The number of halogens is 1. The third kappa shape index (κ3) is 2.57. The van der Waals surface area contributed by atoms with Gasteiger partial charge in [-0.2, -0.15) is 5.26 Å². The Hall–Kier alpha value is -1.73. The second kappa shape index (κ2) is 4.87. The van der Waals surface area contributed by atoms with Crippen molar-refractivity contribution < 1.29 is 9.53 Å². The average molecular weight is 265 g/mol. The second-order valence-corrected chi connectivity index (χ2v) is 4.84. The van der Waals surface area contributed by atoms with Crippen LogP contribution in [0, 0.1) is 16.7 Å². The van der Waals surface area contributed by atoms with Gasteiger partial charge in [0.25, 0.3) is 0 Å². The summed E-state index contributed by atoms with van der Waals surface area (Å²) in [4.78, 5) is 11.4. The molecule has 0 aliphatic heterocycles. The fourth-order valence-electron chi connectivity index (χ4n) is 1.65. The molecule has 5 heteroatoms. The van der Waals surface area contributed by atoms with E-state index < -0.39 is 5.97 Å². The topological polar surface area (TPSA) is 62.1 Å². The molecule has 1 aromatic carbocycles. The standard InChI is InChI=1S/C13H13ClN2O2/c1-18-12(17)9-2-3-10(14)11(6-9)16-8-13(7-15)4-5-13/h2-3,6,16H,4-5,8H2,1H3. The summed E-state index contributed by atoms with van der Waals surface area (Å²) in [7, 11) is 1.33. The summed E-state index contributed by atoms with van der Waals surface area (Å²) < 4.78 is 4.65. The zero-order valence-electron chi connectivity index (χ0n) is 10.00. The van der Waals surface area contributed by atoms with Gasteiger partial charge >= 0.3 is 5.97 Å². The van der Waals surface area contributed by atoms with Crippen LogP contribution in [0.2, 0.25) is 5.02 Å². The Bertz CT molecular complexity index is 518. The number of nitriles is 1. The van der Waals surface area contributed by atoms with Crippen LogP contribution < -0.4 is 5.32 Å². The van der Waals surface area contributed by atoms with Crippen molar-refractivity contribution >= 4 is 23.3 Å². The predicted octanol–water partition coefficient (Wildman–Crippen LogP) is 2.84. The van der Waals surface area contributed by atoms with E-state index in [1.54, 1.807) is 18.2 Å². The number of hydrogen-bond acceptors (Lipinski definition) is 4. The van der Waals surface area contributed by atoms with E-state index >= 15 is 0 Å². The molecule has 0 heterocycles. The smallest absolute Gasteiger partial charge is 0.337 e. The van der Waals surface area contributed by atoms with Crippen LogP contribution in [0.4, 0.5) is 5.69 Å². The molecule has 0 radical (unpaired) electrons. The number of anilines is 1. The van der Waals surface area contributed by atoms with Crippen LogP contribution >= 0.6 is 11.6 Å². The summed E-state index contributed by atoms with van der Waals surface area (Å²) in [5.74, 6) is -0.406. The lowest BCUT2D eigenvalue weighted by Gasteiger charge is -2.12. The molecule has 0 spiro atoms. The number of benzene rings is 1. The third-order valence-electron chi connectivity index (χ3n) is 3.10. The highest BCUT2D eigenvalue weighted by molar-refractivity contribution is 6.33. The molecule has 1 aliphatic carbocycles. The molecule has 1 fully saturated rings. The fourth-order valence-corrected chi connectivity index (χ4v) is 1.83. The van der Waals surface area contributed by atoms with Gasteiger partial charge in [-0.05, 0) is 31.0 Å². The highest BCUT2D eigenvalue weighted by Gasteiger charge is 2.42. The van der Waals surface area contributed by atoms with Gasteiger partial charge in [-0.25, -0.2) is 4.79 Å². The normalized spacial score (nSPS) is 15.6. The minimum atomic E-state index is -0.406. The summed E-state index contributed by atoms with van der Waals surface area (Å²) in [6.07, 6.45) is 1.82. The minimum Gasteiger partial charge on any atom is -0.465 e. The largest absolute Gasteiger partial charge is 0.465 e.